The molecule has 2 rings (SSSR count). The highest BCUT2D eigenvalue weighted by molar-refractivity contribution is 5.93. The third-order valence-corrected chi connectivity index (χ3v) is 3.55. The lowest BCUT2D eigenvalue weighted by molar-refractivity contribution is -0.123. The van der Waals surface area contributed by atoms with Gasteiger partial charge in [-0.25, -0.2) is 4.39 Å². The molecule has 0 aliphatic rings. The molecule has 0 radical (unpaired) electrons. The first kappa shape index (κ1) is 17.6. The molecule has 0 bridgehead atoms. The molecule has 0 saturated heterocycles. The molecule has 24 heavy (non-hydrogen) atoms. The molecule has 0 aliphatic carbocycles. The maximum Gasteiger partial charge on any atom is 0.251 e. The smallest absolute Gasteiger partial charge is 0.251 e. The van der Waals surface area contributed by atoms with Crippen LogP contribution in [0.2, 0.25) is 0 Å². The predicted octanol–water partition coefficient (Wildman–Crippen LogP) is 1.93. The summed E-state index contributed by atoms with van der Waals surface area (Å²) in [5.74, 6) is -0.978. The Kier molecular flexibility index (Phi) is 6.03. The van der Waals surface area contributed by atoms with Crippen molar-refractivity contribution in [2.75, 3.05) is 7.05 Å². The number of nitrogens with one attached hydrogen (secondary N) is 2. The summed E-state index contributed by atoms with van der Waals surface area (Å²) in [5, 5.41) is 15.2. The molecule has 0 spiro atoms. The maximum absolute atomic E-state index is 13.1. The monoisotopic (exact) mass is 330 g/mol. The van der Waals surface area contributed by atoms with Crippen molar-refractivity contribution in [3.8, 4) is 0 Å². The molecule has 6 heteroatoms. The zero-order valence-electron chi connectivity index (χ0n) is 13.3. The molecule has 1 atom stereocenters. The van der Waals surface area contributed by atoms with Gasteiger partial charge >= 0.3 is 0 Å². The second-order valence-electron chi connectivity index (χ2n) is 5.33. The summed E-state index contributed by atoms with van der Waals surface area (Å²) in [6.07, 6.45) is -1.21. The normalized spacial score (nSPS) is 11.6. The molecule has 2 amide bonds. The Morgan fingerprint density at radius 1 is 1.17 bits per heavy atom. The minimum absolute atomic E-state index is 0.153. The summed E-state index contributed by atoms with van der Waals surface area (Å²) in [6, 6.07) is 12.4. The van der Waals surface area contributed by atoms with E-state index in [9.17, 15) is 19.1 Å². The second-order valence-corrected chi connectivity index (χ2v) is 5.33. The highest BCUT2D eigenvalue weighted by Gasteiger charge is 2.13. The number of halogens is 1. The van der Waals surface area contributed by atoms with Gasteiger partial charge in [0.25, 0.3) is 5.91 Å². The van der Waals surface area contributed by atoms with Gasteiger partial charge in [-0.2, -0.15) is 0 Å². The van der Waals surface area contributed by atoms with Crippen molar-refractivity contribution in [2.24, 2.45) is 0 Å². The van der Waals surface area contributed by atoms with Crippen molar-refractivity contribution in [3.63, 3.8) is 0 Å². The largest absolute Gasteiger partial charge is 0.388 e. The van der Waals surface area contributed by atoms with Crippen LogP contribution in [0.5, 0.6) is 0 Å². The minimum atomic E-state index is -1.06. The van der Waals surface area contributed by atoms with Crippen molar-refractivity contribution in [2.45, 2.75) is 19.1 Å². The van der Waals surface area contributed by atoms with Crippen molar-refractivity contribution >= 4 is 11.8 Å². The van der Waals surface area contributed by atoms with Gasteiger partial charge in [-0.15, -0.1) is 0 Å². The van der Waals surface area contributed by atoms with Crippen molar-refractivity contribution in [1.82, 2.24) is 10.6 Å². The van der Waals surface area contributed by atoms with E-state index in [1.54, 1.807) is 37.4 Å². The Morgan fingerprint density at radius 3 is 2.50 bits per heavy atom. The van der Waals surface area contributed by atoms with E-state index < -0.39 is 11.9 Å². The van der Waals surface area contributed by atoms with Crippen LogP contribution in [-0.4, -0.2) is 24.0 Å². The number of aliphatic hydroxyl groups excluding tert-OH is 1. The first-order valence-electron chi connectivity index (χ1n) is 7.51. The Morgan fingerprint density at radius 2 is 1.88 bits per heavy atom. The average Bonchev–Trinajstić information content (AvgIpc) is 2.59. The number of carbonyl (C=O) groups excluding carboxylic acids is 2. The third-order valence-electron chi connectivity index (χ3n) is 3.55. The Hall–Kier alpha value is -2.73. The lowest BCUT2D eigenvalue weighted by Gasteiger charge is -2.11. The van der Waals surface area contributed by atoms with E-state index in [4.69, 9.17) is 0 Å². The number of aliphatic hydroxyl groups is 1. The van der Waals surface area contributed by atoms with Crippen LogP contribution in [0, 0.1) is 5.82 Å². The molecule has 0 aliphatic heterocycles. The first-order chi connectivity index (χ1) is 11.5. The molecular weight excluding hydrogens is 311 g/mol. The number of carbonyl (C=O) groups is 2. The molecule has 0 heterocycles. The first-order valence-corrected chi connectivity index (χ1v) is 7.51. The predicted molar refractivity (Wildman–Crippen MR) is 87.7 cm³/mol. The van der Waals surface area contributed by atoms with Crippen LogP contribution >= 0.6 is 0 Å². The van der Waals surface area contributed by atoms with Gasteiger partial charge in [-0.05, 0) is 35.4 Å². The van der Waals surface area contributed by atoms with Gasteiger partial charge in [-0.1, -0.05) is 24.3 Å². The number of benzene rings is 2. The van der Waals surface area contributed by atoms with E-state index in [2.05, 4.69) is 10.6 Å². The third kappa shape index (κ3) is 4.89. The lowest BCUT2D eigenvalue weighted by Crippen LogP contribution is -2.24. The molecular formula is C18H19FN2O3. The van der Waals surface area contributed by atoms with Crippen LogP contribution in [-0.2, 0) is 11.3 Å². The van der Waals surface area contributed by atoms with Crippen LogP contribution < -0.4 is 10.6 Å². The number of hydrogen-bond donors (Lipinski definition) is 3. The molecule has 3 N–H and O–H groups in total. The van der Waals surface area contributed by atoms with E-state index in [0.29, 0.717) is 11.1 Å². The standard InChI is InChI=1S/C18H19FN2O3/c1-20-18(24)13-7-5-12(6-8-13)11-21-17(23)10-16(22)14-3-2-4-15(19)9-14/h2-9,16,22H,10-11H2,1H3,(H,20,24)(H,21,23). The van der Waals surface area contributed by atoms with E-state index >= 15 is 0 Å². The molecule has 0 aromatic heterocycles. The summed E-state index contributed by atoms with van der Waals surface area (Å²) >= 11 is 0. The summed E-state index contributed by atoms with van der Waals surface area (Å²) in [4.78, 5) is 23.3. The van der Waals surface area contributed by atoms with Gasteiger partial charge in [-0.3, -0.25) is 9.59 Å². The van der Waals surface area contributed by atoms with Crippen LogP contribution in [0.15, 0.2) is 48.5 Å². The topological polar surface area (TPSA) is 78.4 Å². The fraction of sp³-hybridized carbons (Fsp3) is 0.222. The average molecular weight is 330 g/mol. The molecule has 126 valence electrons. The molecule has 0 saturated carbocycles. The number of hydrogen-bond acceptors (Lipinski definition) is 3. The fourth-order valence-corrected chi connectivity index (χ4v) is 2.20. The van der Waals surface area contributed by atoms with Crippen LogP contribution in [0.4, 0.5) is 4.39 Å². The van der Waals surface area contributed by atoms with Crippen molar-refractivity contribution < 1.29 is 19.1 Å². The zero-order valence-corrected chi connectivity index (χ0v) is 13.3. The SMILES string of the molecule is CNC(=O)c1ccc(CNC(=O)CC(O)c2cccc(F)c2)cc1. The van der Waals surface area contributed by atoms with E-state index in [1.807, 2.05) is 0 Å². The summed E-state index contributed by atoms with van der Waals surface area (Å²) in [7, 11) is 1.56. The Balaban J connectivity index is 1.85. The van der Waals surface area contributed by atoms with E-state index in [-0.39, 0.29) is 24.8 Å². The number of amides is 2. The highest BCUT2D eigenvalue weighted by atomic mass is 19.1. The quantitative estimate of drug-likeness (QED) is 0.757. The van der Waals surface area contributed by atoms with E-state index in [0.717, 1.165) is 5.56 Å². The highest BCUT2D eigenvalue weighted by Crippen LogP contribution is 2.17. The lowest BCUT2D eigenvalue weighted by atomic mass is 10.1. The molecule has 0 fully saturated rings. The van der Waals surface area contributed by atoms with Gasteiger partial charge in [0.15, 0.2) is 0 Å². The fourth-order valence-electron chi connectivity index (χ4n) is 2.20. The summed E-state index contributed by atoms with van der Waals surface area (Å²) in [6.45, 7) is 0.280. The maximum atomic E-state index is 13.1. The molecule has 2 aromatic carbocycles. The molecule has 5 nitrogen and oxygen atoms in total. The van der Waals surface area contributed by atoms with Crippen molar-refractivity contribution in [3.05, 3.63) is 71.0 Å². The van der Waals surface area contributed by atoms with E-state index in [1.165, 1.54) is 18.2 Å². The zero-order chi connectivity index (χ0) is 17.5. The number of rotatable bonds is 6. The van der Waals surface area contributed by atoms with Gasteiger partial charge in [0, 0.05) is 19.2 Å². The Labute approximate surface area is 139 Å². The molecule has 1 unspecified atom stereocenters. The summed E-state index contributed by atoms with van der Waals surface area (Å²) < 4.78 is 13.1. The van der Waals surface area contributed by atoms with Crippen molar-refractivity contribution in [1.29, 1.82) is 0 Å². The van der Waals surface area contributed by atoms with Gasteiger partial charge in [0.05, 0.1) is 12.5 Å². The van der Waals surface area contributed by atoms with Gasteiger partial charge < -0.3 is 15.7 Å². The van der Waals surface area contributed by atoms with Crippen LogP contribution in [0.25, 0.3) is 0 Å². The van der Waals surface area contributed by atoms with Gasteiger partial charge in [0.2, 0.25) is 5.91 Å². The minimum Gasteiger partial charge on any atom is -0.388 e. The summed E-state index contributed by atoms with van der Waals surface area (Å²) in [5.41, 5.74) is 1.73. The van der Waals surface area contributed by atoms with Crippen LogP contribution in [0.1, 0.15) is 34.0 Å². The van der Waals surface area contributed by atoms with Gasteiger partial charge in [0.1, 0.15) is 5.82 Å². The molecule has 2 aromatic rings. The second kappa shape index (κ2) is 8.21. The van der Waals surface area contributed by atoms with Crippen LogP contribution in [0.3, 0.4) is 0 Å². The Bertz CT molecular complexity index is 716.